The number of benzene rings is 1. The predicted molar refractivity (Wildman–Crippen MR) is 59.9 cm³/mol. The summed E-state index contributed by atoms with van der Waals surface area (Å²) in [6, 6.07) is 7.70. The molecule has 2 rings (SSSR count). The van der Waals surface area contributed by atoms with Crippen LogP contribution in [0.3, 0.4) is 0 Å². The van der Waals surface area contributed by atoms with Crippen LogP contribution in [-0.2, 0) is 0 Å². The van der Waals surface area contributed by atoms with E-state index in [9.17, 15) is 5.11 Å². The number of hydrogen-bond donors (Lipinski definition) is 1. The van der Waals surface area contributed by atoms with Crippen molar-refractivity contribution in [1.82, 2.24) is 0 Å². The van der Waals surface area contributed by atoms with E-state index in [1.807, 2.05) is 24.3 Å². The predicted octanol–water partition coefficient (Wildman–Crippen LogP) is 2.92. The van der Waals surface area contributed by atoms with Crippen molar-refractivity contribution in [1.29, 1.82) is 0 Å². The zero-order valence-corrected chi connectivity index (χ0v) is 9.15. The monoisotopic (exact) mass is 206 g/mol. The summed E-state index contributed by atoms with van der Waals surface area (Å²) in [5, 5.41) is 9.96. The van der Waals surface area contributed by atoms with Gasteiger partial charge in [0, 0.05) is 0 Å². The van der Waals surface area contributed by atoms with E-state index in [0.717, 1.165) is 30.1 Å². The van der Waals surface area contributed by atoms with Gasteiger partial charge in [-0.1, -0.05) is 25.0 Å². The lowest BCUT2D eigenvalue weighted by Gasteiger charge is -2.11. The molecule has 1 aliphatic carbocycles. The van der Waals surface area contributed by atoms with Gasteiger partial charge in [0.1, 0.15) is 5.75 Å². The molecule has 0 spiro atoms. The Morgan fingerprint density at radius 1 is 1.47 bits per heavy atom. The Labute approximate surface area is 90.9 Å². The minimum atomic E-state index is -0.333. The summed E-state index contributed by atoms with van der Waals surface area (Å²) in [4.78, 5) is 0. The maximum atomic E-state index is 9.96. The van der Waals surface area contributed by atoms with Crippen molar-refractivity contribution in [3.8, 4) is 5.75 Å². The molecule has 1 atom stereocenters. The highest BCUT2D eigenvalue weighted by Crippen LogP contribution is 2.36. The van der Waals surface area contributed by atoms with Gasteiger partial charge >= 0.3 is 0 Å². The third-order valence-electron chi connectivity index (χ3n) is 3.02. The van der Waals surface area contributed by atoms with Crippen LogP contribution in [0, 0.1) is 5.92 Å². The average Bonchev–Trinajstić information content (AvgIpc) is 3.10. The van der Waals surface area contributed by atoms with Crippen LogP contribution in [-0.4, -0.2) is 12.2 Å². The third kappa shape index (κ3) is 2.96. The molecule has 1 aromatic rings. The van der Waals surface area contributed by atoms with Gasteiger partial charge in [0.05, 0.1) is 13.2 Å². The van der Waals surface area contributed by atoms with Gasteiger partial charge in [-0.25, -0.2) is 0 Å². The Hall–Kier alpha value is -1.02. The molecule has 82 valence electrons. The third-order valence-corrected chi connectivity index (χ3v) is 3.02. The zero-order valence-electron chi connectivity index (χ0n) is 9.15. The maximum Gasteiger partial charge on any atom is 0.119 e. The molecule has 1 unspecified atom stereocenters. The van der Waals surface area contributed by atoms with Gasteiger partial charge < -0.3 is 9.84 Å². The van der Waals surface area contributed by atoms with E-state index in [-0.39, 0.29) is 6.10 Å². The molecule has 0 heterocycles. The molecule has 2 heteroatoms. The van der Waals surface area contributed by atoms with E-state index in [1.165, 1.54) is 12.8 Å². The summed E-state index contributed by atoms with van der Waals surface area (Å²) in [5.41, 5.74) is 0.968. The lowest BCUT2D eigenvalue weighted by molar-refractivity contribution is 0.162. The summed E-state index contributed by atoms with van der Waals surface area (Å²) in [5.74, 6) is 1.70. The van der Waals surface area contributed by atoms with E-state index < -0.39 is 0 Å². The zero-order chi connectivity index (χ0) is 10.7. The molecule has 0 aromatic heterocycles. The molecule has 15 heavy (non-hydrogen) atoms. The van der Waals surface area contributed by atoms with Gasteiger partial charge in [-0.05, 0) is 36.5 Å². The van der Waals surface area contributed by atoms with Crippen LogP contribution in [0.15, 0.2) is 24.3 Å². The Morgan fingerprint density at radius 2 is 2.27 bits per heavy atom. The first-order valence-electron chi connectivity index (χ1n) is 5.61. The fourth-order valence-corrected chi connectivity index (χ4v) is 1.82. The molecule has 0 radical (unpaired) electrons. The lowest BCUT2D eigenvalue weighted by atomic mass is 10.0. The van der Waals surface area contributed by atoms with Crippen molar-refractivity contribution in [2.24, 2.45) is 5.92 Å². The number of aliphatic hydroxyl groups is 1. The standard InChI is InChI=1S/C13H18O2/c1-15-12-4-2-3-11(9-12)13(14)8-7-10-5-6-10/h2-4,9-10,13-14H,5-8H2,1H3. The average molecular weight is 206 g/mol. The minimum Gasteiger partial charge on any atom is -0.497 e. The molecule has 1 N–H and O–H groups in total. The fourth-order valence-electron chi connectivity index (χ4n) is 1.82. The topological polar surface area (TPSA) is 29.5 Å². The SMILES string of the molecule is COc1cccc(C(O)CCC2CC2)c1. The van der Waals surface area contributed by atoms with Gasteiger partial charge in [-0.3, -0.25) is 0 Å². The Kier molecular flexibility index (Phi) is 3.27. The Bertz CT molecular complexity index is 318. The second kappa shape index (κ2) is 4.67. The summed E-state index contributed by atoms with van der Waals surface area (Å²) < 4.78 is 5.13. The van der Waals surface area contributed by atoms with Crippen molar-refractivity contribution in [3.05, 3.63) is 29.8 Å². The largest absolute Gasteiger partial charge is 0.497 e. The smallest absolute Gasteiger partial charge is 0.119 e. The molecule has 1 aromatic carbocycles. The van der Waals surface area contributed by atoms with E-state index in [0.29, 0.717) is 0 Å². The number of ether oxygens (including phenoxy) is 1. The first-order chi connectivity index (χ1) is 7.29. The molecule has 2 nitrogen and oxygen atoms in total. The van der Waals surface area contributed by atoms with Crippen LogP contribution in [0.25, 0.3) is 0 Å². The molecule has 0 amide bonds. The van der Waals surface area contributed by atoms with Crippen LogP contribution in [0.5, 0.6) is 5.75 Å². The summed E-state index contributed by atoms with van der Waals surface area (Å²) in [6.45, 7) is 0. The van der Waals surface area contributed by atoms with Crippen molar-refractivity contribution in [2.75, 3.05) is 7.11 Å². The molecular weight excluding hydrogens is 188 g/mol. The molecule has 1 fully saturated rings. The van der Waals surface area contributed by atoms with Crippen molar-refractivity contribution >= 4 is 0 Å². The van der Waals surface area contributed by atoms with Crippen LogP contribution in [0.1, 0.15) is 37.4 Å². The van der Waals surface area contributed by atoms with Crippen molar-refractivity contribution in [3.63, 3.8) is 0 Å². The fraction of sp³-hybridized carbons (Fsp3) is 0.538. The van der Waals surface area contributed by atoms with E-state index in [1.54, 1.807) is 7.11 Å². The van der Waals surface area contributed by atoms with Crippen LogP contribution >= 0.6 is 0 Å². The maximum absolute atomic E-state index is 9.96. The summed E-state index contributed by atoms with van der Waals surface area (Å²) in [6.07, 6.45) is 4.40. The van der Waals surface area contributed by atoms with Crippen LogP contribution in [0.4, 0.5) is 0 Å². The number of methoxy groups -OCH3 is 1. The van der Waals surface area contributed by atoms with Crippen molar-refractivity contribution < 1.29 is 9.84 Å². The second-order valence-corrected chi connectivity index (χ2v) is 4.31. The summed E-state index contributed by atoms with van der Waals surface area (Å²) in [7, 11) is 1.65. The normalized spacial score (nSPS) is 17.5. The van der Waals surface area contributed by atoms with Crippen LogP contribution < -0.4 is 4.74 Å². The Balaban J connectivity index is 1.93. The number of aliphatic hydroxyl groups excluding tert-OH is 1. The van der Waals surface area contributed by atoms with E-state index in [4.69, 9.17) is 4.74 Å². The van der Waals surface area contributed by atoms with Gasteiger partial charge in [0.15, 0.2) is 0 Å². The summed E-state index contributed by atoms with van der Waals surface area (Å²) >= 11 is 0. The molecule has 0 aliphatic heterocycles. The molecule has 0 bridgehead atoms. The van der Waals surface area contributed by atoms with Crippen LogP contribution in [0.2, 0.25) is 0 Å². The minimum absolute atomic E-state index is 0.333. The first-order valence-corrected chi connectivity index (χ1v) is 5.61. The molecular formula is C13H18O2. The highest BCUT2D eigenvalue weighted by atomic mass is 16.5. The van der Waals surface area contributed by atoms with Crippen molar-refractivity contribution in [2.45, 2.75) is 31.8 Å². The first kappa shape index (κ1) is 10.5. The highest BCUT2D eigenvalue weighted by Gasteiger charge is 2.22. The number of rotatable bonds is 5. The van der Waals surface area contributed by atoms with Gasteiger partial charge in [0.2, 0.25) is 0 Å². The molecule has 1 saturated carbocycles. The Morgan fingerprint density at radius 3 is 2.93 bits per heavy atom. The lowest BCUT2D eigenvalue weighted by Crippen LogP contribution is -1.98. The number of hydrogen-bond acceptors (Lipinski definition) is 2. The highest BCUT2D eigenvalue weighted by molar-refractivity contribution is 5.29. The van der Waals surface area contributed by atoms with E-state index in [2.05, 4.69) is 0 Å². The van der Waals surface area contributed by atoms with Gasteiger partial charge in [0.25, 0.3) is 0 Å². The van der Waals surface area contributed by atoms with E-state index >= 15 is 0 Å². The quantitative estimate of drug-likeness (QED) is 0.802. The van der Waals surface area contributed by atoms with Gasteiger partial charge in [-0.15, -0.1) is 0 Å². The van der Waals surface area contributed by atoms with Gasteiger partial charge in [-0.2, -0.15) is 0 Å². The molecule has 1 aliphatic rings. The second-order valence-electron chi connectivity index (χ2n) is 4.31. The molecule has 0 saturated heterocycles.